The van der Waals surface area contributed by atoms with E-state index in [2.05, 4.69) is 176 Å². The topological polar surface area (TPSA) is 51.8 Å². The van der Waals surface area contributed by atoms with Crippen molar-refractivity contribution in [3.8, 4) is 78.7 Å². The van der Waals surface area contributed by atoms with Crippen molar-refractivity contribution >= 4 is 32.7 Å². The van der Waals surface area contributed by atoms with Gasteiger partial charge in [-0.05, 0) is 73.5 Å². The highest BCUT2D eigenvalue weighted by molar-refractivity contribution is 6.09. The summed E-state index contributed by atoms with van der Waals surface area (Å²) in [5.41, 5.74) is 13.5. The molecule has 0 N–H and O–H groups in total. The van der Waals surface area contributed by atoms with Gasteiger partial charge in [0.25, 0.3) is 0 Å². The van der Waals surface area contributed by atoms with Crippen LogP contribution in [0.4, 0.5) is 0 Å². The van der Waals surface area contributed by atoms with Gasteiger partial charge in [-0.15, -0.1) is 0 Å². The number of benzene rings is 9. The van der Waals surface area contributed by atoms with E-state index in [-0.39, 0.29) is 0 Å². The zero-order valence-electron chi connectivity index (χ0n) is 32.0. The van der Waals surface area contributed by atoms with Gasteiger partial charge in [0.15, 0.2) is 17.5 Å². The molecule has 0 saturated heterocycles. The third-order valence-electron chi connectivity index (χ3n) is 11.2. The lowest BCUT2D eigenvalue weighted by molar-refractivity contribution is 0.669. The standard InChI is InChI=1S/C55H35N3O/c1-3-15-36(16-4-1)41-19-7-11-24-49(41)54-56-53(57-55(58-54)50-25-12-8-20-42(50)37-17-5-2-6-18-37)39-29-27-38(28-30-39)43-33-34-44(46-22-10-9-21-45(43)46)40-31-32-48-47-23-13-14-26-51(47)59-52(48)35-40/h1-35H. The van der Waals surface area contributed by atoms with Crippen molar-refractivity contribution in [3.05, 3.63) is 212 Å². The summed E-state index contributed by atoms with van der Waals surface area (Å²) >= 11 is 0. The zero-order valence-corrected chi connectivity index (χ0v) is 32.0. The molecule has 11 aromatic rings. The van der Waals surface area contributed by atoms with Crippen LogP contribution in [0.25, 0.3) is 111 Å². The molecule has 11 rings (SSSR count). The third kappa shape index (κ3) is 6.24. The lowest BCUT2D eigenvalue weighted by Gasteiger charge is -2.14. The van der Waals surface area contributed by atoms with Crippen molar-refractivity contribution in [1.82, 2.24) is 15.0 Å². The fourth-order valence-electron chi connectivity index (χ4n) is 8.34. The molecule has 0 bridgehead atoms. The van der Waals surface area contributed by atoms with Gasteiger partial charge in [-0.1, -0.05) is 194 Å². The first-order valence-corrected chi connectivity index (χ1v) is 19.9. The molecule has 9 aromatic carbocycles. The maximum absolute atomic E-state index is 6.27. The first-order valence-electron chi connectivity index (χ1n) is 19.9. The van der Waals surface area contributed by atoms with E-state index in [0.717, 1.165) is 77.6 Å². The predicted octanol–water partition coefficient (Wildman–Crippen LogP) is 14.6. The molecule has 2 heterocycles. The Bertz CT molecular complexity index is 3210. The van der Waals surface area contributed by atoms with Crippen LogP contribution in [0, 0.1) is 0 Å². The molecular weight excluding hydrogens is 719 g/mol. The summed E-state index contributed by atoms with van der Waals surface area (Å²) in [4.78, 5) is 15.6. The van der Waals surface area contributed by atoms with Crippen molar-refractivity contribution in [3.63, 3.8) is 0 Å². The molecule has 4 heteroatoms. The average Bonchev–Trinajstić information content (AvgIpc) is 3.70. The summed E-state index contributed by atoms with van der Waals surface area (Å²) in [7, 11) is 0. The van der Waals surface area contributed by atoms with Gasteiger partial charge >= 0.3 is 0 Å². The van der Waals surface area contributed by atoms with Gasteiger partial charge in [-0.25, -0.2) is 15.0 Å². The second-order valence-corrected chi connectivity index (χ2v) is 14.7. The van der Waals surface area contributed by atoms with E-state index in [0.29, 0.717) is 17.5 Å². The zero-order chi connectivity index (χ0) is 39.1. The monoisotopic (exact) mass is 753 g/mol. The Balaban J connectivity index is 1.02. The summed E-state index contributed by atoms with van der Waals surface area (Å²) < 4.78 is 6.27. The molecule has 0 fully saturated rings. The Labute approximate surface area is 341 Å². The molecule has 276 valence electrons. The van der Waals surface area contributed by atoms with E-state index >= 15 is 0 Å². The highest BCUT2D eigenvalue weighted by Crippen LogP contribution is 2.40. The van der Waals surface area contributed by atoms with Crippen molar-refractivity contribution in [1.29, 1.82) is 0 Å². The number of nitrogens with zero attached hydrogens (tertiary/aromatic N) is 3. The number of furan rings is 1. The van der Waals surface area contributed by atoms with Crippen LogP contribution < -0.4 is 0 Å². The third-order valence-corrected chi connectivity index (χ3v) is 11.2. The number of hydrogen-bond donors (Lipinski definition) is 0. The lowest BCUT2D eigenvalue weighted by atomic mass is 9.91. The van der Waals surface area contributed by atoms with E-state index in [4.69, 9.17) is 19.4 Å². The maximum atomic E-state index is 6.27. The quantitative estimate of drug-likeness (QED) is 0.163. The molecule has 0 spiro atoms. The second-order valence-electron chi connectivity index (χ2n) is 14.7. The van der Waals surface area contributed by atoms with Gasteiger partial charge in [0.05, 0.1) is 0 Å². The van der Waals surface area contributed by atoms with Crippen molar-refractivity contribution in [2.24, 2.45) is 0 Å². The van der Waals surface area contributed by atoms with Gasteiger partial charge in [0.1, 0.15) is 11.2 Å². The lowest BCUT2D eigenvalue weighted by Crippen LogP contribution is -2.02. The van der Waals surface area contributed by atoms with Gasteiger partial charge < -0.3 is 4.42 Å². The van der Waals surface area contributed by atoms with E-state index in [9.17, 15) is 0 Å². The molecule has 0 atom stereocenters. The van der Waals surface area contributed by atoms with Crippen molar-refractivity contribution in [2.75, 3.05) is 0 Å². The Morgan fingerprint density at radius 3 is 1.24 bits per heavy atom. The van der Waals surface area contributed by atoms with E-state index in [1.54, 1.807) is 0 Å². The number of hydrogen-bond acceptors (Lipinski definition) is 4. The van der Waals surface area contributed by atoms with Crippen LogP contribution in [0.1, 0.15) is 0 Å². The van der Waals surface area contributed by atoms with E-state index in [1.807, 2.05) is 36.4 Å². The van der Waals surface area contributed by atoms with Crippen LogP contribution in [-0.4, -0.2) is 15.0 Å². The van der Waals surface area contributed by atoms with Crippen LogP contribution in [-0.2, 0) is 0 Å². The number of fused-ring (bicyclic) bond motifs is 4. The Kier molecular flexibility index (Phi) is 8.45. The molecular formula is C55H35N3O. The van der Waals surface area contributed by atoms with Crippen LogP contribution in [0.15, 0.2) is 217 Å². The van der Waals surface area contributed by atoms with Crippen LogP contribution in [0.3, 0.4) is 0 Å². The fraction of sp³-hybridized carbons (Fsp3) is 0. The fourth-order valence-corrected chi connectivity index (χ4v) is 8.34. The molecule has 0 aliphatic rings. The molecule has 0 aliphatic heterocycles. The molecule has 0 radical (unpaired) electrons. The highest BCUT2D eigenvalue weighted by atomic mass is 16.3. The number of para-hydroxylation sites is 1. The minimum Gasteiger partial charge on any atom is -0.456 e. The first-order chi connectivity index (χ1) is 29.2. The van der Waals surface area contributed by atoms with Crippen LogP contribution >= 0.6 is 0 Å². The van der Waals surface area contributed by atoms with Gasteiger partial charge in [-0.3, -0.25) is 0 Å². The summed E-state index contributed by atoms with van der Waals surface area (Å²) in [5, 5.41) is 4.63. The van der Waals surface area contributed by atoms with Crippen molar-refractivity contribution < 1.29 is 4.42 Å². The van der Waals surface area contributed by atoms with Crippen molar-refractivity contribution in [2.45, 2.75) is 0 Å². The highest BCUT2D eigenvalue weighted by Gasteiger charge is 2.19. The largest absolute Gasteiger partial charge is 0.456 e. The SMILES string of the molecule is c1ccc(-c2ccccc2-c2nc(-c3ccc(-c4ccc(-c5ccc6c(c5)oc5ccccc56)c5ccccc45)cc3)nc(-c3ccccc3-c3ccccc3)n2)cc1. The van der Waals surface area contributed by atoms with Gasteiger partial charge in [0.2, 0.25) is 0 Å². The Hall–Kier alpha value is -7.95. The summed E-state index contributed by atoms with van der Waals surface area (Å²) in [5.74, 6) is 1.86. The summed E-state index contributed by atoms with van der Waals surface area (Å²) in [6.45, 7) is 0. The van der Waals surface area contributed by atoms with Gasteiger partial charge in [-0.2, -0.15) is 0 Å². The Morgan fingerprint density at radius 1 is 0.237 bits per heavy atom. The molecule has 59 heavy (non-hydrogen) atoms. The summed E-state index contributed by atoms with van der Waals surface area (Å²) in [6.07, 6.45) is 0. The normalized spacial score (nSPS) is 11.4. The number of aromatic nitrogens is 3. The first kappa shape index (κ1) is 34.3. The van der Waals surface area contributed by atoms with Crippen LogP contribution in [0.5, 0.6) is 0 Å². The van der Waals surface area contributed by atoms with E-state index < -0.39 is 0 Å². The molecule has 0 amide bonds. The van der Waals surface area contributed by atoms with E-state index in [1.165, 1.54) is 16.3 Å². The number of rotatable bonds is 7. The minimum absolute atomic E-state index is 0.614. The van der Waals surface area contributed by atoms with Crippen LogP contribution in [0.2, 0.25) is 0 Å². The van der Waals surface area contributed by atoms with Gasteiger partial charge in [0, 0.05) is 27.5 Å². The maximum Gasteiger partial charge on any atom is 0.164 e. The molecule has 2 aromatic heterocycles. The Morgan fingerprint density at radius 2 is 0.644 bits per heavy atom. The second kappa shape index (κ2) is 14.5. The predicted molar refractivity (Wildman–Crippen MR) is 243 cm³/mol. The smallest absolute Gasteiger partial charge is 0.164 e. The molecule has 0 saturated carbocycles. The average molecular weight is 754 g/mol. The molecule has 4 nitrogen and oxygen atoms in total. The molecule has 0 unspecified atom stereocenters. The molecule has 0 aliphatic carbocycles. The minimum atomic E-state index is 0.614. The summed E-state index contributed by atoms with van der Waals surface area (Å²) in [6, 6.07) is 74.0.